The van der Waals surface area contributed by atoms with Gasteiger partial charge in [-0.3, -0.25) is 14.5 Å². The average Bonchev–Trinajstić information content (AvgIpc) is 3.09. The molecule has 0 aliphatic carbocycles. The number of amides is 1. The number of carbonyl (C=O) groups is 1. The minimum absolute atomic E-state index is 0.0769. The molecule has 0 spiro atoms. The number of carbonyl (C=O) groups excluding carboxylic acids is 1. The highest BCUT2D eigenvalue weighted by Crippen LogP contribution is 2.46. The van der Waals surface area contributed by atoms with E-state index in [4.69, 9.17) is 5.10 Å². The van der Waals surface area contributed by atoms with Crippen LogP contribution in [0, 0.1) is 13.8 Å². The molecule has 2 aliphatic rings. The monoisotopic (exact) mass is 406 g/mol. The molecule has 0 saturated heterocycles. The molecular weight excluding hydrogens is 388 g/mol. The fraction of sp³-hybridized carbons (Fsp3) is 0.120. The van der Waals surface area contributed by atoms with Gasteiger partial charge in [0.2, 0.25) is 0 Å². The summed E-state index contributed by atoms with van der Waals surface area (Å²) in [4.78, 5) is 32.5. The first kappa shape index (κ1) is 17.8. The van der Waals surface area contributed by atoms with E-state index in [1.54, 1.807) is 9.58 Å². The summed E-state index contributed by atoms with van der Waals surface area (Å²) in [6.07, 6.45) is -0.480. The Morgan fingerprint density at radius 1 is 0.839 bits per heavy atom. The third-order valence-electron chi connectivity index (χ3n) is 6.18. The number of hydrogen-bond acceptors (Lipinski definition) is 4. The van der Waals surface area contributed by atoms with Gasteiger partial charge in [0.15, 0.2) is 17.7 Å². The zero-order valence-corrected chi connectivity index (χ0v) is 17.0. The van der Waals surface area contributed by atoms with Crippen LogP contribution in [0.3, 0.4) is 0 Å². The van der Waals surface area contributed by atoms with Crippen molar-refractivity contribution in [3.05, 3.63) is 99.3 Å². The fourth-order valence-corrected chi connectivity index (χ4v) is 4.47. The second-order valence-electron chi connectivity index (χ2n) is 7.99. The number of benzene rings is 3. The Bertz CT molecular complexity index is 1470. The normalized spacial score (nSPS) is 15.9. The summed E-state index contributed by atoms with van der Waals surface area (Å²) in [5, 5.41) is 4.78. The highest BCUT2D eigenvalue weighted by Gasteiger charge is 2.44. The molecule has 0 bridgehead atoms. The van der Waals surface area contributed by atoms with Crippen molar-refractivity contribution in [2.75, 3.05) is 4.90 Å². The molecule has 150 valence electrons. The van der Waals surface area contributed by atoms with E-state index in [1.807, 2.05) is 80.6 Å². The van der Waals surface area contributed by atoms with Gasteiger partial charge in [-0.05, 0) is 49.2 Å². The number of para-hydroxylation sites is 1. The van der Waals surface area contributed by atoms with Crippen LogP contribution in [-0.4, -0.2) is 20.7 Å². The molecule has 3 heterocycles. The van der Waals surface area contributed by atoms with Crippen LogP contribution >= 0.6 is 0 Å². The van der Waals surface area contributed by atoms with Crippen molar-refractivity contribution < 1.29 is 4.79 Å². The molecule has 1 amide bonds. The molecule has 6 heteroatoms. The lowest BCUT2D eigenvalue weighted by Crippen LogP contribution is -2.39. The van der Waals surface area contributed by atoms with Gasteiger partial charge < -0.3 is 0 Å². The lowest BCUT2D eigenvalue weighted by molar-refractivity contribution is 0.0986. The van der Waals surface area contributed by atoms with Gasteiger partial charge in [-0.1, -0.05) is 42.5 Å². The van der Waals surface area contributed by atoms with E-state index >= 15 is 0 Å². The summed E-state index contributed by atoms with van der Waals surface area (Å²) in [6.45, 7) is 4.03. The van der Waals surface area contributed by atoms with Crippen LogP contribution in [-0.2, 0) is 0 Å². The maximum atomic E-state index is 13.3. The van der Waals surface area contributed by atoms with Crippen LogP contribution in [0.25, 0.3) is 22.6 Å². The SMILES string of the molecule is Cc1ccc(-c2nn3c(nc2=O)-c2ccccc2N2C(=O)c4ccccc4[C@H]23)cc1C. The first-order chi connectivity index (χ1) is 15.0. The summed E-state index contributed by atoms with van der Waals surface area (Å²) < 4.78 is 1.72. The number of hydrogen-bond donors (Lipinski definition) is 0. The highest BCUT2D eigenvalue weighted by molar-refractivity contribution is 6.13. The molecule has 3 aromatic carbocycles. The predicted octanol–water partition coefficient (Wildman–Crippen LogP) is 4.11. The van der Waals surface area contributed by atoms with Gasteiger partial charge in [0, 0.05) is 22.3 Å². The van der Waals surface area contributed by atoms with Crippen LogP contribution in [0.4, 0.5) is 5.69 Å². The molecule has 31 heavy (non-hydrogen) atoms. The summed E-state index contributed by atoms with van der Waals surface area (Å²) in [5.41, 5.74) is 5.80. The molecule has 6 rings (SSSR count). The lowest BCUT2D eigenvalue weighted by Gasteiger charge is -2.34. The molecule has 4 aromatic rings. The molecule has 1 aromatic heterocycles. The minimum atomic E-state index is -0.480. The summed E-state index contributed by atoms with van der Waals surface area (Å²) in [7, 11) is 0. The van der Waals surface area contributed by atoms with Crippen LogP contribution in [0.15, 0.2) is 71.5 Å². The van der Waals surface area contributed by atoms with Crippen molar-refractivity contribution >= 4 is 11.6 Å². The lowest BCUT2D eigenvalue weighted by atomic mass is 10.0. The van der Waals surface area contributed by atoms with E-state index in [0.717, 1.165) is 33.5 Å². The molecule has 2 aliphatic heterocycles. The smallest absolute Gasteiger partial charge is 0.280 e. The van der Waals surface area contributed by atoms with E-state index in [-0.39, 0.29) is 17.2 Å². The van der Waals surface area contributed by atoms with Crippen molar-refractivity contribution in [3.8, 4) is 22.6 Å². The molecular formula is C25H18N4O2. The van der Waals surface area contributed by atoms with Gasteiger partial charge in [-0.25, -0.2) is 4.68 Å². The predicted molar refractivity (Wildman–Crippen MR) is 118 cm³/mol. The topological polar surface area (TPSA) is 68.1 Å². The number of rotatable bonds is 1. The second-order valence-corrected chi connectivity index (χ2v) is 7.99. The summed E-state index contributed by atoms with van der Waals surface area (Å²) >= 11 is 0. The van der Waals surface area contributed by atoms with Gasteiger partial charge in [0.25, 0.3) is 11.5 Å². The molecule has 0 saturated carbocycles. The van der Waals surface area contributed by atoms with Crippen molar-refractivity contribution in [2.24, 2.45) is 0 Å². The molecule has 1 atom stereocenters. The Kier molecular flexibility index (Phi) is 3.56. The van der Waals surface area contributed by atoms with Crippen LogP contribution in [0.5, 0.6) is 0 Å². The average molecular weight is 406 g/mol. The minimum Gasteiger partial charge on any atom is -0.280 e. The maximum Gasteiger partial charge on any atom is 0.300 e. The molecule has 0 radical (unpaired) electrons. The Morgan fingerprint density at radius 2 is 1.58 bits per heavy atom. The largest absolute Gasteiger partial charge is 0.300 e. The van der Waals surface area contributed by atoms with Crippen molar-refractivity contribution in [1.29, 1.82) is 0 Å². The molecule has 0 fully saturated rings. The zero-order valence-electron chi connectivity index (χ0n) is 17.0. The molecule has 0 unspecified atom stereocenters. The van der Waals surface area contributed by atoms with Gasteiger partial charge in [0.05, 0.1) is 5.69 Å². The van der Waals surface area contributed by atoms with E-state index < -0.39 is 6.17 Å². The Morgan fingerprint density at radius 3 is 2.39 bits per heavy atom. The van der Waals surface area contributed by atoms with E-state index in [0.29, 0.717) is 11.4 Å². The number of aromatic nitrogens is 3. The Labute approximate surface area is 178 Å². The highest BCUT2D eigenvalue weighted by atomic mass is 16.2. The van der Waals surface area contributed by atoms with Crippen molar-refractivity contribution in [1.82, 2.24) is 14.8 Å². The number of aryl methyl sites for hydroxylation is 2. The maximum absolute atomic E-state index is 13.3. The standard InChI is InChI=1S/C25H18N4O2/c1-14-11-12-16(13-15(14)2)21-23(30)26-22-19-9-5-6-10-20(19)28-24(29(22)27-21)17-7-3-4-8-18(17)25(28)31/h3-13,24H,1-2H3/t24-/m1/s1. The van der Waals surface area contributed by atoms with Gasteiger partial charge in [-0.2, -0.15) is 10.1 Å². The summed E-state index contributed by atoms with van der Waals surface area (Å²) in [6, 6.07) is 20.9. The fourth-order valence-electron chi connectivity index (χ4n) is 4.47. The summed E-state index contributed by atoms with van der Waals surface area (Å²) in [5.74, 6) is 0.394. The molecule has 6 nitrogen and oxygen atoms in total. The second kappa shape index (κ2) is 6.22. The Balaban J connectivity index is 1.67. The Hall–Kier alpha value is -4.06. The quantitative estimate of drug-likeness (QED) is 0.477. The van der Waals surface area contributed by atoms with E-state index in [9.17, 15) is 9.59 Å². The first-order valence-corrected chi connectivity index (χ1v) is 10.1. The van der Waals surface area contributed by atoms with Gasteiger partial charge in [0.1, 0.15) is 0 Å². The third-order valence-corrected chi connectivity index (χ3v) is 6.18. The van der Waals surface area contributed by atoms with Gasteiger partial charge in [-0.15, -0.1) is 0 Å². The van der Waals surface area contributed by atoms with Crippen LogP contribution in [0.1, 0.15) is 33.2 Å². The zero-order chi connectivity index (χ0) is 21.3. The third kappa shape index (κ3) is 2.39. The van der Waals surface area contributed by atoms with Gasteiger partial charge >= 0.3 is 0 Å². The van der Waals surface area contributed by atoms with Crippen molar-refractivity contribution in [2.45, 2.75) is 20.0 Å². The van der Waals surface area contributed by atoms with Crippen LogP contribution < -0.4 is 10.5 Å². The van der Waals surface area contributed by atoms with Crippen LogP contribution in [0.2, 0.25) is 0 Å². The van der Waals surface area contributed by atoms with E-state index in [1.165, 1.54) is 0 Å². The number of fused-ring (bicyclic) bond motifs is 8. The van der Waals surface area contributed by atoms with E-state index in [2.05, 4.69) is 4.98 Å². The first-order valence-electron chi connectivity index (χ1n) is 10.1. The molecule has 0 N–H and O–H groups in total. The number of anilines is 1. The van der Waals surface area contributed by atoms with Crippen molar-refractivity contribution in [3.63, 3.8) is 0 Å². The number of nitrogens with zero attached hydrogens (tertiary/aromatic N) is 4.